The Morgan fingerprint density at radius 3 is 2.15 bits per heavy atom. The molecule has 0 saturated heterocycles. The third kappa shape index (κ3) is 2.79. The van der Waals surface area contributed by atoms with E-state index in [-0.39, 0.29) is 0 Å². The highest BCUT2D eigenvalue weighted by Gasteiger charge is 2.18. The van der Waals surface area contributed by atoms with Gasteiger partial charge in [-0.3, -0.25) is 14.0 Å². The van der Waals surface area contributed by atoms with E-state index < -0.39 is 0 Å². The van der Waals surface area contributed by atoms with Gasteiger partial charge in [0.25, 0.3) is 0 Å². The summed E-state index contributed by atoms with van der Waals surface area (Å²) >= 11 is 0. The normalized spacial score (nSPS) is 11.5. The van der Waals surface area contributed by atoms with Gasteiger partial charge in [-0.15, -0.1) is 0 Å². The molecule has 0 fully saturated rings. The molecule has 7 rings (SSSR count). The molecular weight excluding hydrogens is 416 g/mol. The van der Waals surface area contributed by atoms with Crippen LogP contribution in [-0.2, 0) is 0 Å². The van der Waals surface area contributed by atoms with Crippen LogP contribution in [0.5, 0.6) is 0 Å². The predicted molar refractivity (Wildman–Crippen MR) is 138 cm³/mol. The van der Waals surface area contributed by atoms with Gasteiger partial charge in [0, 0.05) is 23.0 Å². The molecule has 4 nitrogen and oxygen atoms in total. The van der Waals surface area contributed by atoms with E-state index in [1.165, 1.54) is 0 Å². The number of hydrogen-bond acceptors (Lipinski definition) is 2. The lowest BCUT2D eigenvalue weighted by Crippen LogP contribution is -1.94. The van der Waals surface area contributed by atoms with Crippen LogP contribution in [0.3, 0.4) is 0 Å². The minimum absolute atomic E-state index is 0.913. The SMILES string of the molecule is c1ccc(-n2c3ccccc3n3c4cccc(-c5cccc(-c6ccccn6)c5)c4nc23)cc1. The van der Waals surface area contributed by atoms with Crippen molar-refractivity contribution in [3.63, 3.8) is 0 Å². The topological polar surface area (TPSA) is 35.1 Å². The van der Waals surface area contributed by atoms with Gasteiger partial charge in [0.2, 0.25) is 5.78 Å². The maximum absolute atomic E-state index is 5.22. The molecule has 0 unspecified atom stereocenters. The molecule has 7 aromatic rings. The molecule has 3 heterocycles. The largest absolute Gasteiger partial charge is 0.278 e. The van der Waals surface area contributed by atoms with Gasteiger partial charge < -0.3 is 0 Å². The Morgan fingerprint density at radius 1 is 0.559 bits per heavy atom. The van der Waals surface area contributed by atoms with Crippen molar-refractivity contribution in [2.75, 3.05) is 0 Å². The van der Waals surface area contributed by atoms with Crippen LogP contribution in [0.2, 0.25) is 0 Å². The first kappa shape index (κ1) is 18.8. The van der Waals surface area contributed by atoms with Crippen LogP contribution in [0.1, 0.15) is 0 Å². The number of nitrogens with zero attached hydrogens (tertiary/aromatic N) is 4. The van der Waals surface area contributed by atoms with Crippen LogP contribution in [0.25, 0.3) is 55.9 Å². The monoisotopic (exact) mass is 436 g/mol. The van der Waals surface area contributed by atoms with Crippen LogP contribution < -0.4 is 0 Å². The minimum atomic E-state index is 0.913. The van der Waals surface area contributed by atoms with Crippen molar-refractivity contribution in [3.05, 3.63) is 121 Å². The molecule has 0 aliphatic rings. The molecule has 0 amide bonds. The Balaban J connectivity index is 1.52. The average molecular weight is 437 g/mol. The first-order valence-corrected chi connectivity index (χ1v) is 11.4. The van der Waals surface area contributed by atoms with Gasteiger partial charge in [-0.2, -0.15) is 0 Å². The summed E-state index contributed by atoms with van der Waals surface area (Å²) < 4.78 is 4.51. The summed E-state index contributed by atoms with van der Waals surface area (Å²) in [5.74, 6) is 0.913. The summed E-state index contributed by atoms with van der Waals surface area (Å²) in [6, 6.07) is 39.9. The van der Waals surface area contributed by atoms with Crippen molar-refractivity contribution in [2.24, 2.45) is 0 Å². The highest BCUT2D eigenvalue weighted by atomic mass is 15.2. The van der Waals surface area contributed by atoms with Gasteiger partial charge in [0.1, 0.15) is 0 Å². The molecule has 0 radical (unpaired) electrons. The Kier molecular flexibility index (Phi) is 4.11. The first-order valence-electron chi connectivity index (χ1n) is 11.4. The third-order valence-electron chi connectivity index (χ3n) is 6.38. The number of rotatable bonds is 3. The van der Waals surface area contributed by atoms with Crippen molar-refractivity contribution in [2.45, 2.75) is 0 Å². The van der Waals surface area contributed by atoms with Crippen molar-refractivity contribution >= 4 is 27.8 Å². The van der Waals surface area contributed by atoms with Crippen LogP contribution >= 0.6 is 0 Å². The zero-order valence-corrected chi connectivity index (χ0v) is 18.3. The smallest absolute Gasteiger partial charge is 0.220 e. The summed E-state index contributed by atoms with van der Waals surface area (Å²) in [7, 11) is 0. The molecule has 0 atom stereocenters. The Labute approximate surface area is 196 Å². The zero-order valence-electron chi connectivity index (χ0n) is 18.3. The molecule has 0 bridgehead atoms. The van der Waals surface area contributed by atoms with Gasteiger partial charge in [0.15, 0.2) is 0 Å². The fraction of sp³-hybridized carbons (Fsp3) is 0. The average Bonchev–Trinajstić information content (AvgIpc) is 3.44. The summed E-state index contributed by atoms with van der Waals surface area (Å²) in [4.78, 5) is 9.75. The fourth-order valence-corrected chi connectivity index (χ4v) is 4.87. The van der Waals surface area contributed by atoms with E-state index in [1.807, 2.05) is 30.5 Å². The van der Waals surface area contributed by atoms with Gasteiger partial charge >= 0.3 is 0 Å². The van der Waals surface area contributed by atoms with E-state index >= 15 is 0 Å². The highest BCUT2D eigenvalue weighted by Crippen LogP contribution is 2.34. The number of imidazole rings is 2. The zero-order chi connectivity index (χ0) is 22.5. The van der Waals surface area contributed by atoms with Crippen molar-refractivity contribution in [3.8, 4) is 28.1 Å². The molecule has 0 N–H and O–H groups in total. The Morgan fingerprint density at radius 2 is 1.29 bits per heavy atom. The molecule has 0 aliphatic heterocycles. The van der Waals surface area contributed by atoms with Gasteiger partial charge in [-0.1, -0.05) is 66.7 Å². The van der Waals surface area contributed by atoms with E-state index in [0.717, 1.165) is 55.9 Å². The second-order valence-corrected chi connectivity index (χ2v) is 8.38. The Bertz CT molecular complexity index is 1790. The second-order valence-electron chi connectivity index (χ2n) is 8.38. The molecule has 0 saturated carbocycles. The number of pyridine rings is 1. The number of fused-ring (bicyclic) bond motifs is 5. The lowest BCUT2D eigenvalue weighted by Gasteiger charge is -2.07. The molecule has 4 aromatic carbocycles. The standard InChI is InChI=1S/C30H20N4/c1-2-12-23(13-3-1)33-26-16-4-5-17-27(26)34-28-18-9-14-24(29(28)32-30(33)34)21-10-8-11-22(20-21)25-15-6-7-19-31-25/h1-20H. The molecule has 160 valence electrons. The predicted octanol–water partition coefficient (Wildman–Crippen LogP) is 7.16. The van der Waals surface area contributed by atoms with Crippen LogP contribution in [0.15, 0.2) is 121 Å². The highest BCUT2D eigenvalue weighted by molar-refractivity contribution is 5.99. The molecule has 3 aromatic heterocycles. The lowest BCUT2D eigenvalue weighted by atomic mass is 10.0. The molecular formula is C30H20N4. The van der Waals surface area contributed by atoms with E-state index in [0.29, 0.717) is 0 Å². The van der Waals surface area contributed by atoms with Gasteiger partial charge in [-0.05, 0) is 54.1 Å². The molecule has 0 aliphatic carbocycles. The Hall–Kier alpha value is -4.70. The maximum Gasteiger partial charge on any atom is 0.220 e. The fourth-order valence-electron chi connectivity index (χ4n) is 4.87. The first-order chi connectivity index (χ1) is 16.9. The molecule has 4 heteroatoms. The quantitative estimate of drug-likeness (QED) is 0.295. The van der Waals surface area contributed by atoms with Crippen LogP contribution in [0, 0.1) is 0 Å². The van der Waals surface area contributed by atoms with Crippen LogP contribution in [0.4, 0.5) is 0 Å². The number of para-hydroxylation sites is 4. The third-order valence-corrected chi connectivity index (χ3v) is 6.38. The minimum Gasteiger partial charge on any atom is -0.278 e. The van der Waals surface area contributed by atoms with Gasteiger partial charge in [0.05, 0.1) is 27.8 Å². The summed E-state index contributed by atoms with van der Waals surface area (Å²) in [5, 5.41) is 0. The van der Waals surface area contributed by atoms with E-state index in [9.17, 15) is 0 Å². The molecule has 34 heavy (non-hydrogen) atoms. The van der Waals surface area contributed by atoms with Crippen molar-refractivity contribution < 1.29 is 0 Å². The maximum atomic E-state index is 5.22. The summed E-state index contributed by atoms with van der Waals surface area (Å²) in [6.45, 7) is 0. The van der Waals surface area contributed by atoms with Gasteiger partial charge in [-0.25, -0.2) is 4.98 Å². The number of aromatic nitrogens is 4. The van der Waals surface area contributed by atoms with E-state index in [2.05, 4.69) is 105 Å². The van der Waals surface area contributed by atoms with Crippen molar-refractivity contribution in [1.29, 1.82) is 0 Å². The molecule has 0 spiro atoms. The van der Waals surface area contributed by atoms with E-state index in [4.69, 9.17) is 4.98 Å². The van der Waals surface area contributed by atoms with E-state index in [1.54, 1.807) is 0 Å². The summed E-state index contributed by atoms with van der Waals surface area (Å²) in [5.41, 5.74) is 9.78. The number of hydrogen-bond donors (Lipinski definition) is 0. The summed E-state index contributed by atoms with van der Waals surface area (Å²) in [6.07, 6.45) is 1.83. The van der Waals surface area contributed by atoms with Crippen molar-refractivity contribution in [1.82, 2.24) is 18.9 Å². The van der Waals surface area contributed by atoms with Crippen LogP contribution in [-0.4, -0.2) is 18.9 Å². The lowest BCUT2D eigenvalue weighted by molar-refractivity contribution is 1.11. The number of benzene rings is 4. The second kappa shape index (κ2) is 7.42.